The number of hydrogen-bond acceptors (Lipinski definition) is 3. The van der Waals surface area contributed by atoms with Crippen molar-refractivity contribution >= 4 is 35.1 Å². The minimum atomic E-state index is -0.462. The Hall–Kier alpha value is -0.980. The van der Waals surface area contributed by atoms with Gasteiger partial charge in [-0.3, -0.25) is 0 Å². The number of halogens is 2. The molecule has 7 heteroatoms. The Morgan fingerprint density at radius 2 is 2.32 bits per heavy atom. The Balaban J connectivity index is 2.58. The lowest BCUT2D eigenvalue weighted by atomic mass is 10.2. The van der Waals surface area contributed by atoms with E-state index in [9.17, 15) is 9.18 Å². The maximum Gasteiger partial charge on any atom is 0.319 e. The van der Waals surface area contributed by atoms with Crippen LogP contribution >= 0.6 is 23.4 Å². The molecule has 0 unspecified atom stereocenters. The average Bonchev–Trinajstić information content (AvgIpc) is 2.33. The predicted molar refractivity (Wildman–Crippen MR) is 77.4 cm³/mol. The van der Waals surface area contributed by atoms with Gasteiger partial charge in [-0.2, -0.15) is 11.8 Å². The molecule has 0 heterocycles. The number of amides is 2. The van der Waals surface area contributed by atoms with Crippen molar-refractivity contribution in [3.8, 4) is 0 Å². The second-order valence-corrected chi connectivity index (χ2v) is 5.21. The van der Waals surface area contributed by atoms with Gasteiger partial charge in [-0.1, -0.05) is 11.6 Å². The van der Waals surface area contributed by atoms with Crippen molar-refractivity contribution in [2.45, 2.75) is 12.5 Å². The van der Waals surface area contributed by atoms with Crippen LogP contribution in [0, 0.1) is 5.82 Å². The second kappa shape index (κ2) is 8.24. The summed E-state index contributed by atoms with van der Waals surface area (Å²) in [6.45, 7) is 0.00279. The molecule has 0 saturated heterocycles. The SMILES string of the molecule is CSC[C@H](CCO)NC(=O)Nc1ccc(F)cc1Cl. The monoisotopic (exact) mass is 306 g/mol. The van der Waals surface area contributed by atoms with Crippen molar-refractivity contribution in [2.24, 2.45) is 0 Å². The van der Waals surface area contributed by atoms with E-state index in [4.69, 9.17) is 16.7 Å². The molecule has 1 rings (SSSR count). The highest BCUT2D eigenvalue weighted by molar-refractivity contribution is 7.98. The van der Waals surface area contributed by atoms with Gasteiger partial charge in [-0.15, -0.1) is 0 Å². The van der Waals surface area contributed by atoms with Crippen LogP contribution in [0.1, 0.15) is 6.42 Å². The molecule has 2 amide bonds. The van der Waals surface area contributed by atoms with Gasteiger partial charge in [-0.25, -0.2) is 9.18 Å². The van der Waals surface area contributed by atoms with Gasteiger partial charge in [-0.05, 0) is 30.9 Å². The molecule has 1 aromatic carbocycles. The fourth-order valence-electron chi connectivity index (χ4n) is 1.49. The van der Waals surface area contributed by atoms with E-state index in [0.29, 0.717) is 17.9 Å². The van der Waals surface area contributed by atoms with E-state index < -0.39 is 11.8 Å². The lowest BCUT2D eigenvalue weighted by molar-refractivity contribution is 0.241. The number of carbonyl (C=O) groups excluding carboxylic acids is 1. The first-order chi connectivity index (χ1) is 9.06. The summed E-state index contributed by atoms with van der Waals surface area (Å²) in [4.78, 5) is 11.7. The van der Waals surface area contributed by atoms with Crippen LogP contribution in [0.5, 0.6) is 0 Å². The first kappa shape index (κ1) is 16.1. The molecule has 1 aromatic rings. The highest BCUT2D eigenvalue weighted by atomic mass is 35.5. The summed E-state index contributed by atoms with van der Waals surface area (Å²) in [6.07, 6.45) is 2.40. The standard InChI is InChI=1S/C12H16ClFN2O2S/c1-19-7-9(4-5-17)15-12(18)16-11-3-2-8(14)6-10(11)13/h2-3,6,9,17H,4-5,7H2,1H3,(H2,15,16,18)/t9-/m0/s1. The zero-order valence-corrected chi connectivity index (χ0v) is 12.0. The number of anilines is 1. The summed E-state index contributed by atoms with van der Waals surface area (Å²) in [5.74, 6) is 0.238. The van der Waals surface area contributed by atoms with Gasteiger partial charge in [0, 0.05) is 18.4 Å². The molecule has 0 aromatic heterocycles. The van der Waals surface area contributed by atoms with Crippen LogP contribution in [0.4, 0.5) is 14.9 Å². The van der Waals surface area contributed by atoms with Crippen LogP contribution in [0.2, 0.25) is 5.02 Å². The van der Waals surface area contributed by atoms with E-state index >= 15 is 0 Å². The number of benzene rings is 1. The highest BCUT2D eigenvalue weighted by Gasteiger charge is 2.12. The number of thioether (sulfide) groups is 1. The molecule has 0 spiro atoms. The maximum atomic E-state index is 12.9. The number of aliphatic hydroxyl groups is 1. The third kappa shape index (κ3) is 5.67. The predicted octanol–water partition coefficient (Wildman–Crippen LogP) is 2.71. The van der Waals surface area contributed by atoms with Crippen molar-refractivity contribution < 1.29 is 14.3 Å². The minimum absolute atomic E-state index is 0.00279. The summed E-state index contributed by atoms with van der Waals surface area (Å²) in [6, 6.07) is 3.19. The average molecular weight is 307 g/mol. The summed E-state index contributed by atoms with van der Waals surface area (Å²) in [7, 11) is 0. The fourth-order valence-corrected chi connectivity index (χ4v) is 2.36. The third-order valence-corrected chi connectivity index (χ3v) is 3.41. The summed E-state index contributed by atoms with van der Waals surface area (Å²) >= 11 is 7.38. The first-order valence-corrected chi connectivity index (χ1v) is 7.46. The van der Waals surface area contributed by atoms with Crippen molar-refractivity contribution in [1.29, 1.82) is 0 Å². The number of nitrogens with one attached hydrogen (secondary N) is 2. The van der Waals surface area contributed by atoms with E-state index in [1.54, 1.807) is 11.8 Å². The Labute approximate surface area is 120 Å². The summed E-state index contributed by atoms with van der Waals surface area (Å²) < 4.78 is 12.9. The molecule has 4 nitrogen and oxygen atoms in total. The minimum Gasteiger partial charge on any atom is -0.396 e. The van der Waals surface area contributed by atoms with Crippen LogP contribution in [-0.2, 0) is 0 Å². The van der Waals surface area contributed by atoms with Crippen LogP contribution in [-0.4, -0.2) is 35.8 Å². The molecule has 0 aliphatic heterocycles. The fraction of sp³-hybridized carbons (Fsp3) is 0.417. The number of aliphatic hydroxyl groups excluding tert-OH is 1. The van der Waals surface area contributed by atoms with E-state index in [-0.39, 0.29) is 17.7 Å². The van der Waals surface area contributed by atoms with E-state index in [0.717, 1.165) is 6.07 Å². The number of carbonyl (C=O) groups is 1. The molecule has 1 atom stereocenters. The van der Waals surface area contributed by atoms with Gasteiger partial charge in [0.25, 0.3) is 0 Å². The third-order valence-electron chi connectivity index (χ3n) is 2.36. The van der Waals surface area contributed by atoms with Crippen LogP contribution < -0.4 is 10.6 Å². The van der Waals surface area contributed by atoms with Crippen molar-refractivity contribution in [1.82, 2.24) is 5.32 Å². The Morgan fingerprint density at radius 1 is 1.58 bits per heavy atom. The Morgan fingerprint density at radius 3 is 2.89 bits per heavy atom. The van der Waals surface area contributed by atoms with Crippen molar-refractivity contribution in [2.75, 3.05) is 23.9 Å². The van der Waals surface area contributed by atoms with Crippen molar-refractivity contribution in [3.05, 3.63) is 29.0 Å². The number of hydrogen-bond donors (Lipinski definition) is 3. The quantitative estimate of drug-likeness (QED) is 0.757. The normalized spacial score (nSPS) is 12.0. The molecular weight excluding hydrogens is 291 g/mol. The molecule has 0 aliphatic rings. The molecule has 0 saturated carbocycles. The van der Waals surface area contributed by atoms with Crippen LogP contribution in [0.15, 0.2) is 18.2 Å². The van der Waals surface area contributed by atoms with E-state index in [1.165, 1.54) is 12.1 Å². The molecule has 3 N–H and O–H groups in total. The van der Waals surface area contributed by atoms with Crippen molar-refractivity contribution in [3.63, 3.8) is 0 Å². The number of rotatable bonds is 6. The molecule has 0 radical (unpaired) electrons. The van der Waals surface area contributed by atoms with Gasteiger partial charge in [0.2, 0.25) is 0 Å². The molecule has 19 heavy (non-hydrogen) atoms. The summed E-state index contributed by atoms with van der Waals surface area (Å²) in [5.41, 5.74) is 0.340. The maximum absolute atomic E-state index is 12.9. The van der Waals surface area contributed by atoms with E-state index in [1.807, 2.05) is 6.26 Å². The molecular formula is C12H16ClFN2O2S. The molecule has 0 bridgehead atoms. The van der Waals surface area contributed by atoms with Gasteiger partial charge >= 0.3 is 6.03 Å². The zero-order chi connectivity index (χ0) is 14.3. The molecule has 106 valence electrons. The Kier molecular flexibility index (Phi) is 6.97. The summed E-state index contributed by atoms with van der Waals surface area (Å²) in [5, 5.41) is 14.3. The van der Waals surface area contributed by atoms with Crippen LogP contribution in [0.25, 0.3) is 0 Å². The largest absolute Gasteiger partial charge is 0.396 e. The first-order valence-electron chi connectivity index (χ1n) is 5.69. The molecule has 0 fully saturated rings. The van der Waals surface area contributed by atoms with E-state index in [2.05, 4.69) is 10.6 Å². The lowest BCUT2D eigenvalue weighted by Gasteiger charge is -2.17. The smallest absolute Gasteiger partial charge is 0.319 e. The van der Waals surface area contributed by atoms with Gasteiger partial charge in [0.05, 0.1) is 10.7 Å². The highest BCUT2D eigenvalue weighted by Crippen LogP contribution is 2.22. The van der Waals surface area contributed by atoms with Gasteiger partial charge in [0.1, 0.15) is 5.82 Å². The van der Waals surface area contributed by atoms with Gasteiger partial charge < -0.3 is 15.7 Å². The lowest BCUT2D eigenvalue weighted by Crippen LogP contribution is -2.40. The van der Waals surface area contributed by atoms with Crippen LogP contribution in [0.3, 0.4) is 0 Å². The topological polar surface area (TPSA) is 61.4 Å². The number of urea groups is 1. The second-order valence-electron chi connectivity index (χ2n) is 3.89. The zero-order valence-electron chi connectivity index (χ0n) is 10.5. The Bertz CT molecular complexity index is 428. The molecule has 0 aliphatic carbocycles. The van der Waals surface area contributed by atoms with Gasteiger partial charge in [0.15, 0.2) is 0 Å².